The van der Waals surface area contributed by atoms with Crippen LogP contribution in [0.5, 0.6) is 5.75 Å². The monoisotopic (exact) mass is 362 g/mol. The predicted molar refractivity (Wildman–Crippen MR) is 97.4 cm³/mol. The Morgan fingerprint density at radius 2 is 1.81 bits per heavy atom. The summed E-state index contributed by atoms with van der Waals surface area (Å²) in [5.74, 6) is 0.565. The van der Waals surface area contributed by atoms with Gasteiger partial charge in [0.05, 0.1) is 12.5 Å². The second kappa shape index (κ2) is 7.90. The van der Waals surface area contributed by atoms with E-state index < -0.39 is 17.7 Å². The number of carbonyl (C=O) groups excluding carboxylic acids is 3. The number of hydrogen-bond acceptors (Lipinski definition) is 5. The third kappa shape index (κ3) is 4.33. The van der Waals surface area contributed by atoms with Crippen molar-refractivity contribution < 1.29 is 19.1 Å². The highest BCUT2D eigenvalue weighted by molar-refractivity contribution is 6.39. The lowest BCUT2D eigenvalue weighted by Gasteiger charge is -2.04. The molecule has 0 bridgehead atoms. The van der Waals surface area contributed by atoms with E-state index in [1.165, 1.54) is 7.11 Å². The van der Waals surface area contributed by atoms with Gasteiger partial charge in [0.1, 0.15) is 11.3 Å². The Bertz CT molecular complexity index is 1100. The zero-order valence-electron chi connectivity index (χ0n) is 14.2. The molecule has 0 aliphatic carbocycles. The number of hydrogen-bond donors (Lipinski definition) is 2. The molecule has 0 saturated carbocycles. The molecule has 0 aromatic heterocycles. The van der Waals surface area contributed by atoms with Gasteiger partial charge in [-0.25, -0.2) is 10.4 Å². The van der Waals surface area contributed by atoms with Crippen molar-refractivity contribution in [1.29, 1.82) is 0 Å². The van der Waals surface area contributed by atoms with E-state index in [0.29, 0.717) is 16.8 Å². The van der Waals surface area contributed by atoms with Crippen molar-refractivity contribution in [1.82, 2.24) is 5.43 Å². The van der Waals surface area contributed by atoms with Crippen molar-refractivity contribution in [2.75, 3.05) is 12.4 Å². The lowest BCUT2D eigenvalue weighted by Crippen LogP contribution is -2.32. The zero-order chi connectivity index (χ0) is 19.2. The Morgan fingerprint density at radius 3 is 2.56 bits per heavy atom. The molecule has 3 amide bonds. The van der Waals surface area contributed by atoms with Crippen LogP contribution in [0.3, 0.4) is 0 Å². The van der Waals surface area contributed by atoms with Crippen LogP contribution in [0.1, 0.15) is 0 Å². The normalized spacial score (nSPS) is 11.9. The summed E-state index contributed by atoms with van der Waals surface area (Å²) in [5, 5.41) is 7.22. The molecule has 27 heavy (non-hydrogen) atoms. The van der Waals surface area contributed by atoms with E-state index in [0.717, 1.165) is 5.22 Å². The first kappa shape index (κ1) is 17.8. The fourth-order valence-electron chi connectivity index (χ4n) is 2.23. The van der Waals surface area contributed by atoms with Crippen LogP contribution in [-0.4, -0.2) is 30.7 Å². The minimum atomic E-state index is -1.00. The summed E-state index contributed by atoms with van der Waals surface area (Å²) in [6.07, 6.45) is 1.55. The molecule has 1 aliphatic rings. The largest absolute Gasteiger partial charge is 0.497 e. The van der Waals surface area contributed by atoms with Gasteiger partial charge < -0.3 is 10.1 Å². The van der Waals surface area contributed by atoms with Crippen LogP contribution >= 0.6 is 0 Å². The number of carbonyl (C=O) groups is 3. The second-order valence-corrected chi connectivity index (χ2v) is 5.38. The molecule has 1 aliphatic heterocycles. The van der Waals surface area contributed by atoms with Crippen molar-refractivity contribution in [2.45, 2.75) is 0 Å². The maximum Gasteiger partial charge on any atom is 0.330 e. The van der Waals surface area contributed by atoms with Crippen molar-refractivity contribution in [3.8, 4) is 5.75 Å². The van der Waals surface area contributed by atoms with Crippen LogP contribution < -0.4 is 26.1 Å². The number of hydrazone groups is 1. The van der Waals surface area contributed by atoms with Gasteiger partial charge in [-0.05, 0) is 36.4 Å². The first-order chi connectivity index (χ1) is 13.1. The summed E-state index contributed by atoms with van der Waals surface area (Å²) in [6, 6.07) is 13.5. The number of nitrogens with zero attached hydrogens (tertiary/aromatic N) is 2. The lowest BCUT2D eigenvalue weighted by molar-refractivity contribution is -0.136. The molecule has 2 aromatic carbocycles. The summed E-state index contributed by atoms with van der Waals surface area (Å²) < 4.78 is 5.01. The van der Waals surface area contributed by atoms with Crippen LogP contribution in [0.15, 0.2) is 64.2 Å². The standard InChI is InChI=1S/C19H14N4O4/c1-27-15-8-6-14(7-9-15)21-18(25)19(26)23-20-11-13-10-12-4-2-3-5-16(12)22-17(13)24/h2-10H,1H3,(H,21,25)(H,23,26). The van der Waals surface area contributed by atoms with Crippen molar-refractivity contribution in [3.63, 3.8) is 0 Å². The number of nitrogens with one attached hydrogen (secondary N) is 2. The van der Waals surface area contributed by atoms with E-state index in [1.54, 1.807) is 54.6 Å². The Hall–Kier alpha value is -4.03. The molecule has 0 fully saturated rings. The average Bonchev–Trinajstić information content (AvgIpc) is 2.68. The number of benzene rings is 2. The van der Waals surface area contributed by atoms with Crippen LogP contribution in [0, 0.1) is 0 Å². The minimum absolute atomic E-state index is 0.0737. The molecule has 0 radical (unpaired) electrons. The molecule has 0 spiro atoms. The molecule has 8 heteroatoms. The van der Waals surface area contributed by atoms with Gasteiger partial charge in [0.25, 0.3) is 5.91 Å². The second-order valence-electron chi connectivity index (χ2n) is 5.38. The Morgan fingerprint density at radius 1 is 1.07 bits per heavy atom. The third-order valence-corrected chi connectivity index (χ3v) is 3.58. The molecule has 0 unspecified atom stereocenters. The third-order valence-electron chi connectivity index (χ3n) is 3.58. The van der Waals surface area contributed by atoms with Gasteiger partial charge >= 0.3 is 11.8 Å². The highest BCUT2D eigenvalue weighted by atomic mass is 16.5. The van der Waals surface area contributed by atoms with Crippen LogP contribution in [-0.2, 0) is 14.4 Å². The predicted octanol–water partition coefficient (Wildman–Crippen LogP) is -0.0985. The Balaban J connectivity index is 1.67. The highest BCUT2D eigenvalue weighted by Crippen LogP contribution is 2.14. The highest BCUT2D eigenvalue weighted by Gasteiger charge is 2.13. The number of fused-ring (bicyclic) bond motifs is 1. The van der Waals surface area contributed by atoms with E-state index in [4.69, 9.17) is 4.74 Å². The summed E-state index contributed by atoms with van der Waals surface area (Å²) >= 11 is 0. The summed E-state index contributed by atoms with van der Waals surface area (Å²) in [7, 11) is 1.52. The van der Waals surface area contributed by atoms with Gasteiger partial charge in [-0.3, -0.25) is 14.4 Å². The van der Waals surface area contributed by atoms with Crippen LogP contribution in [0.2, 0.25) is 0 Å². The number of anilines is 1. The Labute approximate surface area is 153 Å². The molecule has 0 atom stereocenters. The molecule has 134 valence electrons. The van der Waals surface area contributed by atoms with Crippen molar-refractivity contribution in [2.24, 2.45) is 10.1 Å². The average molecular weight is 362 g/mol. The van der Waals surface area contributed by atoms with Gasteiger partial charge in [0.2, 0.25) is 0 Å². The number of amides is 3. The van der Waals surface area contributed by atoms with E-state index in [9.17, 15) is 14.4 Å². The fraction of sp³-hybridized carbons (Fsp3) is 0.0526. The molecule has 3 rings (SSSR count). The smallest absolute Gasteiger partial charge is 0.330 e. The van der Waals surface area contributed by atoms with Crippen molar-refractivity contribution >= 4 is 35.4 Å². The molecule has 1 heterocycles. The van der Waals surface area contributed by atoms with E-state index in [2.05, 4.69) is 21.3 Å². The first-order valence-corrected chi connectivity index (χ1v) is 7.85. The van der Waals surface area contributed by atoms with Gasteiger partial charge in [0.15, 0.2) is 0 Å². The number of para-hydroxylation sites is 1. The van der Waals surface area contributed by atoms with E-state index in [-0.39, 0.29) is 5.57 Å². The van der Waals surface area contributed by atoms with Gasteiger partial charge in [-0.2, -0.15) is 0 Å². The van der Waals surface area contributed by atoms with Crippen LogP contribution in [0.4, 0.5) is 5.69 Å². The molecule has 0 saturated heterocycles. The topological polar surface area (TPSA) is 109 Å². The SMILES string of the molecule is COc1ccc(NC(=O)C(=O)NN=C=C2C=c3ccccc3=NC2=O)cc1. The molecule has 2 aromatic rings. The summed E-state index contributed by atoms with van der Waals surface area (Å²) in [4.78, 5) is 39.4. The number of methoxy groups -OCH3 is 1. The van der Waals surface area contributed by atoms with Gasteiger partial charge in [-0.1, -0.05) is 18.2 Å². The molecular formula is C19H14N4O4. The van der Waals surface area contributed by atoms with Crippen LogP contribution in [0.25, 0.3) is 6.08 Å². The Kier molecular flexibility index (Phi) is 5.20. The maximum absolute atomic E-state index is 11.9. The summed E-state index contributed by atoms with van der Waals surface area (Å²) in [6.45, 7) is 0. The first-order valence-electron chi connectivity index (χ1n) is 7.85. The summed E-state index contributed by atoms with van der Waals surface area (Å²) in [5.41, 5.74) is 2.52. The maximum atomic E-state index is 11.9. The van der Waals surface area contributed by atoms with Crippen molar-refractivity contribution in [3.05, 3.63) is 64.7 Å². The molecule has 8 nitrogen and oxygen atoms in total. The number of ether oxygens (including phenoxy) is 1. The quantitative estimate of drug-likeness (QED) is 0.344. The van der Waals surface area contributed by atoms with E-state index in [1.807, 2.05) is 5.43 Å². The minimum Gasteiger partial charge on any atom is -0.497 e. The molecule has 2 N–H and O–H groups in total. The molecular weight excluding hydrogens is 348 g/mol. The zero-order valence-corrected chi connectivity index (χ0v) is 14.2. The van der Waals surface area contributed by atoms with Gasteiger partial charge in [-0.15, -0.1) is 5.10 Å². The fourth-order valence-corrected chi connectivity index (χ4v) is 2.23. The number of rotatable bonds is 3. The lowest BCUT2D eigenvalue weighted by atomic mass is 10.1. The van der Waals surface area contributed by atoms with Gasteiger partial charge in [0, 0.05) is 16.8 Å². The van der Waals surface area contributed by atoms with E-state index >= 15 is 0 Å².